The van der Waals surface area contributed by atoms with Gasteiger partial charge in [-0.2, -0.15) is 5.10 Å². The molecule has 2 aliphatic heterocycles. The number of hydrogen-bond acceptors (Lipinski definition) is 6. The molecule has 0 saturated carbocycles. The first kappa shape index (κ1) is 22.3. The Morgan fingerprint density at radius 3 is 2.69 bits per heavy atom. The predicted molar refractivity (Wildman–Crippen MR) is 122 cm³/mol. The molecule has 4 heterocycles. The number of carbonyl (C=O) groups excluding carboxylic acids is 1. The van der Waals surface area contributed by atoms with E-state index in [1.165, 1.54) is 0 Å². The first-order valence-electron chi connectivity index (χ1n) is 11.7. The van der Waals surface area contributed by atoms with Gasteiger partial charge in [-0.3, -0.25) is 19.8 Å². The van der Waals surface area contributed by atoms with Gasteiger partial charge in [0.2, 0.25) is 11.7 Å². The van der Waals surface area contributed by atoms with E-state index in [1.54, 1.807) is 6.26 Å². The van der Waals surface area contributed by atoms with E-state index in [0.717, 1.165) is 70.4 Å². The van der Waals surface area contributed by atoms with Crippen LogP contribution in [-0.4, -0.2) is 100 Å². The van der Waals surface area contributed by atoms with Crippen molar-refractivity contribution in [3.8, 4) is 11.6 Å². The fraction of sp³-hybridized carbons (Fsp3) is 0.636. The van der Waals surface area contributed by atoms with E-state index in [0.29, 0.717) is 24.6 Å². The van der Waals surface area contributed by atoms with Gasteiger partial charge in [0.05, 0.1) is 12.3 Å². The van der Waals surface area contributed by atoms with Crippen molar-refractivity contribution in [1.29, 1.82) is 0 Å². The Morgan fingerprint density at radius 1 is 1.22 bits per heavy atom. The van der Waals surface area contributed by atoms with E-state index >= 15 is 0 Å². The maximum Gasteiger partial charge on any atom is 0.239 e. The normalized spacial score (nSPS) is 18.9. The number of nitrogens with zero attached hydrogens (tertiary/aromatic N) is 6. The summed E-state index contributed by atoms with van der Waals surface area (Å²) in [5, 5.41) is 10.6. The Balaban J connectivity index is 1.28. The Hall–Kier alpha value is -2.88. The second-order valence-electron chi connectivity index (χ2n) is 8.30. The average Bonchev–Trinajstić information content (AvgIpc) is 3.60. The number of H-pyrrole nitrogens is 1. The molecule has 0 aromatic carbocycles. The lowest BCUT2D eigenvalue weighted by molar-refractivity contribution is -0.135. The molecule has 0 spiro atoms. The Labute approximate surface area is 189 Å². The minimum absolute atomic E-state index is 0.0513. The van der Waals surface area contributed by atoms with E-state index in [4.69, 9.17) is 9.41 Å². The quantitative estimate of drug-likeness (QED) is 0.490. The molecule has 0 radical (unpaired) electrons. The molecule has 2 fully saturated rings. The third kappa shape index (κ3) is 5.29. The highest BCUT2D eigenvalue weighted by atomic mass is 16.3. The van der Waals surface area contributed by atoms with Gasteiger partial charge in [-0.25, -0.2) is 4.98 Å². The van der Waals surface area contributed by atoms with Crippen LogP contribution in [0.3, 0.4) is 0 Å². The number of rotatable bonds is 7. The molecule has 4 rings (SSSR count). The molecule has 2 aromatic heterocycles. The van der Waals surface area contributed by atoms with Gasteiger partial charge in [0.25, 0.3) is 0 Å². The SMILES string of the molecule is CCNC(=NCCc1nc(-c2ccco2)n[nH]1)N1CCN(C(C)C(=O)N2CCCC2)CC1. The summed E-state index contributed by atoms with van der Waals surface area (Å²) in [6.07, 6.45) is 4.55. The van der Waals surface area contributed by atoms with Gasteiger partial charge in [0.1, 0.15) is 5.82 Å². The van der Waals surface area contributed by atoms with Gasteiger partial charge in [0, 0.05) is 58.8 Å². The van der Waals surface area contributed by atoms with Crippen molar-refractivity contribution in [1.82, 2.24) is 35.2 Å². The highest BCUT2D eigenvalue weighted by Crippen LogP contribution is 2.15. The molecule has 10 heteroatoms. The fourth-order valence-corrected chi connectivity index (χ4v) is 4.30. The number of hydrogen-bond donors (Lipinski definition) is 2. The molecule has 0 bridgehead atoms. The van der Waals surface area contributed by atoms with Crippen molar-refractivity contribution in [2.45, 2.75) is 39.2 Å². The average molecular weight is 443 g/mol. The molecule has 10 nitrogen and oxygen atoms in total. The minimum Gasteiger partial charge on any atom is -0.461 e. The maximum absolute atomic E-state index is 12.7. The largest absolute Gasteiger partial charge is 0.461 e. The number of nitrogens with one attached hydrogen (secondary N) is 2. The van der Waals surface area contributed by atoms with Gasteiger partial charge < -0.3 is 19.5 Å². The van der Waals surface area contributed by atoms with Gasteiger partial charge in [-0.05, 0) is 38.8 Å². The third-order valence-corrected chi connectivity index (χ3v) is 6.15. The smallest absolute Gasteiger partial charge is 0.239 e. The highest BCUT2D eigenvalue weighted by Gasteiger charge is 2.30. The molecule has 2 aromatic rings. The predicted octanol–water partition coefficient (Wildman–Crippen LogP) is 1.20. The molecule has 1 unspecified atom stereocenters. The Kier molecular flexibility index (Phi) is 7.41. The van der Waals surface area contributed by atoms with E-state index in [9.17, 15) is 4.79 Å². The number of furan rings is 1. The fourth-order valence-electron chi connectivity index (χ4n) is 4.30. The summed E-state index contributed by atoms with van der Waals surface area (Å²) in [7, 11) is 0. The van der Waals surface area contributed by atoms with Crippen LogP contribution in [0.25, 0.3) is 11.6 Å². The first-order chi connectivity index (χ1) is 15.7. The lowest BCUT2D eigenvalue weighted by Gasteiger charge is -2.39. The van der Waals surface area contributed by atoms with E-state index < -0.39 is 0 Å². The number of likely N-dealkylation sites (tertiary alicyclic amines) is 1. The summed E-state index contributed by atoms with van der Waals surface area (Å²) < 4.78 is 5.34. The maximum atomic E-state index is 12.7. The van der Waals surface area contributed by atoms with Crippen LogP contribution in [0.5, 0.6) is 0 Å². The lowest BCUT2D eigenvalue weighted by atomic mass is 10.2. The Bertz CT molecular complexity index is 880. The zero-order valence-electron chi connectivity index (χ0n) is 19.1. The molecular weight excluding hydrogens is 408 g/mol. The summed E-state index contributed by atoms with van der Waals surface area (Å²) in [4.78, 5) is 28.6. The van der Waals surface area contributed by atoms with Crippen molar-refractivity contribution in [2.24, 2.45) is 4.99 Å². The summed E-state index contributed by atoms with van der Waals surface area (Å²) in [6.45, 7) is 10.8. The number of aromatic nitrogens is 3. The van der Waals surface area contributed by atoms with Crippen LogP contribution < -0.4 is 5.32 Å². The van der Waals surface area contributed by atoms with Gasteiger partial charge in [-0.1, -0.05) is 0 Å². The molecule has 32 heavy (non-hydrogen) atoms. The molecule has 1 atom stereocenters. The summed E-state index contributed by atoms with van der Waals surface area (Å²) in [5.74, 6) is 3.19. The topological polar surface area (TPSA) is 106 Å². The molecule has 174 valence electrons. The number of piperazine rings is 1. The second-order valence-corrected chi connectivity index (χ2v) is 8.30. The van der Waals surface area contributed by atoms with Crippen molar-refractivity contribution in [3.63, 3.8) is 0 Å². The highest BCUT2D eigenvalue weighted by molar-refractivity contribution is 5.82. The van der Waals surface area contributed by atoms with Crippen LogP contribution in [-0.2, 0) is 11.2 Å². The molecule has 0 aliphatic carbocycles. The monoisotopic (exact) mass is 442 g/mol. The molecule has 2 aliphatic rings. The second kappa shape index (κ2) is 10.6. The molecule has 2 saturated heterocycles. The molecule has 2 N–H and O–H groups in total. The van der Waals surface area contributed by atoms with Gasteiger partial charge >= 0.3 is 0 Å². The number of carbonyl (C=O) groups is 1. The minimum atomic E-state index is -0.0513. The van der Waals surface area contributed by atoms with Crippen LogP contribution in [0.4, 0.5) is 0 Å². The standard InChI is InChI=1S/C22H34N8O2/c1-3-23-22(24-9-8-19-25-20(27-26-19)18-7-6-16-32-18)30-14-12-28(13-15-30)17(2)21(31)29-10-4-5-11-29/h6-7,16-17H,3-5,8-15H2,1-2H3,(H,23,24)(H,25,26,27). The summed E-state index contributed by atoms with van der Waals surface area (Å²) >= 11 is 0. The van der Waals surface area contributed by atoms with Crippen molar-refractivity contribution in [3.05, 3.63) is 24.2 Å². The van der Waals surface area contributed by atoms with Crippen LogP contribution in [0, 0.1) is 0 Å². The first-order valence-corrected chi connectivity index (χ1v) is 11.7. The van der Waals surface area contributed by atoms with Crippen LogP contribution in [0.1, 0.15) is 32.5 Å². The van der Waals surface area contributed by atoms with Crippen LogP contribution in [0.15, 0.2) is 27.8 Å². The number of aliphatic imine (C=N–C) groups is 1. The Morgan fingerprint density at radius 2 is 2.00 bits per heavy atom. The lowest BCUT2D eigenvalue weighted by Crippen LogP contribution is -2.57. The summed E-state index contributed by atoms with van der Waals surface area (Å²) in [5.41, 5.74) is 0. The number of amides is 1. The van der Waals surface area contributed by atoms with E-state index in [2.05, 4.69) is 37.2 Å². The molecule has 1 amide bonds. The zero-order valence-corrected chi connectivity index (χ0v) is 19.1. The van der Waals surface area contributed by atoms with Crippen molar-refractivity contribution >= 4 is 11.9 Å². The van der Waals surface area contributed by atoms with Crippen molar-refractivity contribution in [2.75, 3.05) is 52.4 Å². The molecular formula is C22H34N8O2. The third-order valence-electron chi connectivity index (χ3n) is 6.15. The van der Waals surface area contributed by atoms with Crippen LogP contribution in [0.2, 0.25) is 0 Å². The zero-order chi connectivity index (χ0) is 22.3. The number of aromatic amines is 1. The van der Waals surface area contributed by atoms with Crippen LogP contribution >= 0.6 is 0 Å². The summed E-state index contributed by atoms with van der Waals surface area (Å²) in [6, 6.07) is 3.61. The van der Waals surface area contributed by atoms with Crippen molar-refractivity contribution < 1.29 is 9.21 Å². The van der Waals surface area contributed by atoms with Gasteiger partial charge in [0.15, 0.2) is 11.7 Å². The van der Waals surface area contributed by atoms with E-state index in [-0.39, 0.29) is 11.9 Å². The van der Waals surface area contributed by atoms with E-state index in [1.807, 2.05) is 24.0 Å². The number of guanidine groups is 1. The van der Waals surface area contributed by atoms with Gasteiger partial charge in [-0.15, -0.1) is 0 Å².